The Bertz CT molecular complexity index is 1320. The van der Waals surface area contributed by atoms with Gasteiger partial charge >= 0.3 is 0 Å². The molecule has 11 nitrogen and oxygen atoms in total. The molecule has 2 aromatic rings. The van der Waals surface area contributed by atoms with Crippen molar-refractivity contribution >= 4 is 29.3 Å². The molecule has 38 heavy (non-hydrogen) atoms. The summed E-state index contributed by atoms with van der Waals surface area (Å²) in [4.78, 5) is 54.0. The zero-order valence-corrected chi connectivity index (χ0v) is 21.6. The average molecular weight is 521 g/mol. The van der Waals surface area contributed by atoms with Gasteiger partial charge in [-0.1, -0.05) is 12.6 Å². The van der Waals surface area contributed by atoms with E-state index in [2.05, 4.69) is 22.3 Å². The van der Waals surface area contributed by atoms with Crippen molar-refractivity contribution in [3.05, 3.63) is 59.6 Å². The zero-order valence-electron chi connectivity index (χ0n) is 21.6. The number of carbonyl (C=O) groups is 4. The number of carbonyl (C=O) groups excluding carboxylic acids is 4. The lowest BCUT2D eigenvalue weighted by atomic mass is 10.0. The van der Waals surface area contributed by atoms with Crippen molar-refractivity contribution in [3.63, 3.8) is 0 Å². The molecule has 0 spiro atoms. The third-order valence-corrected chi connectivity index (χ3v) is 7.37. The second kappa shape index (κ2) is 9.71. The van der Waals surface area contributed by atoms with Crippen LogP contribution in [0.3, 0.4) is 0 Å². The molecule has 3 N–H and O–H groups in total. The van der Waals surface area contributed by atoms with Gasteiger partial charge in [0.1, 0.15) is 11.6 Å². The molecule has 3 aliphatic heterocycles. The van der Waals surface area contributed by atoms with Gasteiger partial charge in [0.25, 0.3) is 17.7 Å². The van der Waals surface area contributed by atoms with E-state index in [9.17, 15) is 24.3 Å². The Hall–Kier alpha value is -3.99. The molecule has 3 aliphatic rings. The standard InChI is InChI=1S/C27H32N6O5/c1-16-7-8-21(23(34)30-16)33-24(35)19-5-4-6-20(22(19)25(33)36)28-13-17-14-29-32(15-17)18-9-11-31(12-10-18)26(37)27(2,3)38/h4-6,14-15,18,21,28,38H,1,7-13H2,2-3H3,(H,30,34). The van der Waals surface area contributed by atoms with Gasteiger partial charge in [0.05, 0.1) is 23.4 Å². The lowest BCUT2D eigenvalue weighted by Crippen LogP contribution is -2.51. The second-order valence-corrected chi connectivity index (χ2v) is 10.6. The summed E-state index contributed by atoms with van der Waals surface area (Å²) in [6, 6.07) is 4.35. The van der Waals surface area contributed by atoms with Crippen LogP contribution in [0.2, 0.25) is 0 Å². The minimum absolute atomic E-state index is 0.140. The number of likely N-dealkylation sites (tertiary alicyclic amines) is 1. The topological polar surface area (TPSA) is 137 Å². The molecule has 0 aliphatic carbocycles. The molecule has 0 radical (unpaired) electrons. The molecule has 1 aromatic heterocycles. The molecule has 1 unspecified atom stereocenters. The normalized spacial score (nSPS) is 20.6. The van der Waals surface area contributed by atoms with Crippen molar-refractivity contribution in [3.8, 4) is 0 Å². The SMILES string of the molecule is C=C1CCC(N2C(=O)c3cccc(NCc4cnn(C5CCN(C(=O)C(C)(C)O)CC5)c4)c3C2=O)C(=O)N1. The van der Waals surface area contributed by atoms with E-state index in [1.165, 1.54) is 13.8 Å². The van der Waals surface area contributed by atoms with E-state index in [4.69, 9.17) is 0 Å². The number of piperidine rings is 2. The number of hydrogen-bond donors (Lipinski definition) is 3. The first-order valence-corrected chi connectivity index (χ1v) is 12.8. The highest BCUT2D eigenvalue weighted by atomic mass is 16.3. The van der Waals surface area contributed by atoms with Gasteiger partial charge in [-0.05, 0) is 51.7 Å². The summed E-state index contributed by atoms with van der Waals surface area (Å²) in [5.41, 5.74) is 1.17. The quantitative estimate of drug-likeness (QED) is 0.494. The molecule has 0 bridgehead atoms. The number of amides is 4. The molecule has 4 amide bonds. The Balaban J connectivity index is 1.24. The van der Waals surface area contributed by atoms with Crippen LogP contribution in [0.15, 0.2) is 42.9 Å². The first-order valence-electron chi connectivity index (χ1n) is 12.8. The smallest absolute Gasteiger partial charge is 0.264 e. The number of benzene rings is 1. The molecule has 2 fully saturated rings. The summed E-state index contributed by atoms with van der Waals surface area (Å²) in [6.45, 7) is 8.25. The number of rotatable bonds is 6. The summed E-state index contributed by atoms with van der Waals surface area (Å²) in [5, 5.41) is 20.4. The van der Waals surface area contributed by atoms with E-state index in [0.29, 0.717) is 43.9 Å². The van der Waals surface area contributed by atoms with E-state index >= 15 is 0 Å². The molecule has 0 saturated carbocycles. The first-order chi connectivity index (χ1) is 18.0. The minimum Gasteiger partial charge on any atom is -0.381 e. The molecule has 1 atom stereocenters. The van der Waals surface area contributed by atoms with Crippen LogP contribution in [-0.2, 0) is 16.1 Å². The van der Waals surface area contributed by atoms with Crippen molar-refractivity contribution in [2.75, 3.05) is 18.4 Å². The maximum Gasteiger partial charge on any atom is 0.264 e. The van der Waals surface area contributed by atoms with E-state index in [1.54, 1.807) is 29.3 Å². The van der Waals surface area contributed by atoms with Gasteiger partial charge in [0.15, 0.2) is 0 Å². The Labute approximate surface area is 220 Å². The van der Waals surface area contributed by atoms with E-state index in [1.807, 2.05) is 10.9 Å². The fraction of sp³-hybridized carbons (Fsp3) is 0.444. The number of nitrogens with one attached hydrogen (secondary N) is 2. The number of fused-ring (bicyclic) bond motifs is 1. The Morgan fingerprint density at radius 3 is 2.61 bits per heavy atom. The van der Waals surface area contributed by atoms with Crippen LogP contribution < -0.4 is 10.6 Å². The third-order valence-electron chi connectivity index (χ3n) is 7.37. The predicted molar refractivity (Wildman–Crippen MR) is 138 cm³/mol. The molecular formula is C27H32N6O5. The number of nitrogens with zero attached hydrogens (tertiary/aromatic N) is 4. The Kier molecular flexibility index (Phi) is 6.56. The lowest BCUT2D eigenvalue weighted by Gasteiger charge is -2.35. The fourth-order valence-electron chi connectivity index (χ4n) is 5.33. The molecule has 11 heteroatoms. The number of hydrogen-bond acceptors (Lipinski definition) is 7. The molecule has 2 saturated heterocycles. The highest BCUT2D eigenvalue weighted by Crippen LogP contribution is 2.33. The van der Waals surface area contributed by atoms with E-state index in [0.717, 1.165) is 23.3 Å². The van der Waals surface area contributed by atoms with Crippen molar-refractivity contribution in [1.29, 1.82) is 0 Å². The van der Waals surface area contributed by atoms with Gasteiger partial charge in [-0.25, -0.2) is 0 Å². The number of imide groups is 1. The number of anilines is 1. The molecule has 4 heterocycles. The second-order valence-electron chi connectivity index (χ2n) is 10.6. The van der Waals surface area contributed by atoms with Gasteiger partial charge in [0.2, 0.25) is 5.91 Å². The van der Waals surface area contributed by atoms with Crippen LogP contribution in [0.4, 0.5) is 5.69 Å². The van der Waals surface area contributed by atoms with Gasteiger partial charge in [-0.3, -0.25) is 28.8 Å². The highest BCUT2D eigenvalue weighted by molar-refractivity contribution is 6.25. The van der Waals surface area contributed by atoms with Crippen molar-refractivity contribution < 1.29 is 24.3 Å². The van der Waals surface area contributed by atoms with Crippen LogP contribution in [0.1, 0.15) is 71.9 Å². The summed E-state index contributed by atoms with van der Waals surface area (Å²) in [6.07, 6.45) is 6.01. The van der Waals surface area contributed by atoms with Crippen molar-refractivity contribution in [2.45, 2.75) is 63.8 Å². The fourth-order valence-corrected chi connectivity index (χ4v) is 5.33. The van der Waals surface area contributed by atoms with Crippen LogP contribution in [0, 0.1) is 0 Å². The lowest BCUT2D eigenvalue weighted by molar-refractivity contribution is -0.149. The number of aliphatic hydroxyl groups is 1. The van der Waals surface area contributed by atoms with Crippen molar-refractivity contribution in [2.24, 2.45) is 0 Å². The summed E-state index contributed by atoms with van der Waals surface area (Å²) >= 11 is 0. The third kappa shape index (κ3) is 4.69. The Morgan fingerprint density at radius 1 is 1.18 bits per heavy atom. The average Bonchev–Trinajstić information content (AvgIpc) is 3.45. The van der Waals surface area contributed by atoms with Crippen LogP contribution in [-0.4, -0.2) is 73.0 Å². The van der Waals surface area contributed by atoms with Gasteiger partial charge in [-0.15, -0.1) is 0 Å². The highest BCUT2D eigenvalue weighted by Gasteiger charge is 2.45. The Morgan fingerprint density at radius 2 is 1.92 bits per heavy atom. The van der Waals surface area contributed by atoms with Gasteiger partial charge < -0.3 is 20.6 Å². The van der Waals surface area contributed by atoms with E-state index < -0.39 is 29.4 Å². The predicted octanol–water partition coefficient (Wildman–Crippen LogP) is 1.82. The summed E-state index contributed by atoms with van der Waals surface area (Å²) in [5.74, 6) is -1.61. The minimum atomic E-state index is -1.38. The van der Waals surface area contributed by atoms with Crippen LogP contribution in [0.5, 0.6) is 0 Å². The largest absolute Gasteiger partial charge is 0.381 e. The molecule has 200 valence electrons. The number of aromatic nitrogens is 2. The van der Waals surface area contributed by atoms with Crippen LogP contribution in [0.25, 0.3) is 0 Å². The van der Waals surface area contributed by atoms with Gasteiger partial charge in [-0.2, -0.15) is 5.10 Å². The summed E-state index contributed by atoms with van der Waals surface area (Å²) < 4.78 is 1.89. The first kappa shape index (κ1) is 25.7. The van der Waals surface area contributed by atoms with Crippen LogP contribution >= 0.6 is 0 Å². The zero-order chi connectivity index (χ0) is 27.2. The number of allylic oxidation sites excluding steroid dienone is 1. The van der Waals surface area contributed by atoms with E-state index in [-0.39, 0.29) is 23.1 Å². The monoisotopic (exact) mass is 520 g/mol. The van der Waals surface area contributed by atoms with Crippen molar-refractivity contribution in [1.82, 2.24) is 24.9 Å². The molecule has 5 rings (SSSR count). The maximum atomic E-state index is 13.3. The summed E-state index contributed by atoms with van der Waals surface area (Å²) in [7, 11) is 0. The van der Waals surface area contributed by atoms with Gasteiger partial charge in [0, 0.05) is 42.8 Å². The molecule has 1 aromatic carbocycles. The maximum absolute atomic E-state index is 13.3. The molecular weight excluding hydrogens is 488 g/mol.